The Balaban J connectivity index is 1.41. The molecule has 0 saturated carbocycles. The van der Waals surface area contributed by atoms with Gasteiger partial charge in [-0.2, -0.15) is 0 Å². The van der Waals surface area contributed by atoms with E-state index < -0.39 is 24.0 Å². The number of benzene rings is 2. The summed E-state index contributed by atoms with van der Waals surface area (Å²) in [7, 11) is 3.32. The van der Waals surface area contributed by atoms with Crippen LogP contribution in [0.25, 0.3) is 0 Å². The summed E-state index contributed by atoms with van der Waals surface area (Å²) in [5, 5.41) is 6.19. The highest BCUT2D eigenvalue weighted by atomic mass is 35.5. The molecule has 1 fully saturated rings. The van der Waals surface area contributed by atoms with Crippen LogP contribution in [0.5, 0.6) is 5.75 Å². The van der Waals surface area contributed by atoms with Gasteiger partial charge in [-0.15, -0.1) is 0 Å². The predicted octanol–water partition coefficient (Wildman–Crippen LogP) is 2.33. The van der Waals surface area contributed by atoms with Crippen LogP contribution in [0.3, 0.4) is 0 Å². The van der Waals surface area contributed by atoms with E-state index in [2.05, 4.69) is 10.6 Å². The molecule has 2 atom stereocenters. The van der Waals surface area contributed by atoms with Crippen molar-refractivity contribution in [2.45, 2.75) is 18.5 Å². The number of fused-ring (bicyclic) bond motifs is 1. The molecule has 1 saturated heterocycles. The lowest BCUT2D eigenvalue weighted by atomic mass is 9.99. The summed E-state index contributed by atoms with van der Waals surface area (Å²) in [6.45, 7) is 0.419. The monoisotopic (exact) mass is 454 g/mol. The summed E-state index contributed by atoms with van der Waals surface area (Å²) in [5.41, 5.74) is 1.83. The molecule has 2 aliphatic rings. The second-order valence-corrected chi connectivity index (χ2v) is 8.06. The largest absolute Gasteiger partial charge is 0.497 e. The van der Waals surface area contributed by atoms with Gasteiger partial charge in [0.15, 0.2) is 0 Å². The minimum Gasteiger partial charge on any atom is -0.497 e. The van der Waals surface area contributed by atoms with E-state index in [1.807, 2.05) is 24.3 Å². The Kier molecular flexibility index (Phi) is 6.05. The first kappa shape index (κ1) is 21.7. The van der Waals surface area contributed by atoms with Gasteiger partial charge in [0, 0.05) is 24.8 Å². The number of ether oxygens (including phenoxy) is 1. The van der Waals surface area contributed by atoms with E-state index in [4.69, 9.17) is 16.3 Å². The maximum absolute atomic E-state index is 13.1. The summed E-state index contributed by atoms with van der Waals surface area (Å²) in [6.07, 6.45) is 2.25. The molecule has 9 heteroatoms. The van der Waals surface area contributed by atoms with Crippen molar-refractivity contribution >= 4 is 35.1 Å². The number of halogens is 1. The molecule has 2 aromatic rings. The van der Waals surface area contributed by atoms with Gasteiger partial charge in [-0.1, -0.05) is 23.7 Å². The maximum Gasteiger partial charge on any atom is 0.329 e. The van der Waals surface area contributed by atoms with Gasteiger partial charge >= 0.3 is 6.03 Å². The molecule has 166 valence electrons. The van der Waals surface area contributed by atoms with Crippen molar-refractivity contribution < 1.29 is 19.1 Å². The van der Waals surface area contributed by atoms with Gasteiger partial charge in [-0.25, -0.2) is 9.69 Å². The van der Waals surface area contributed by atoms with Crippen LogP contribution in [-0.2, 0) is 16.0 Å². The maximum atomic E-state index is 13.1. The number of imide groups is 1. The molecule has 2 heterocycles. The molecule has 0 bridgehead atoms. The third kappa shape index (κ3) is 4.13. The number of hydrogen-bond acceptors (Lipinski definition) is 5. The Labute approximate surface area is 190 Å². The summed E-state index contributed by atoms with van der Waals surface area (Å²) < 4.78 is 5.14. The molecule has 0 radical (unpaired) electrons. The number of rotatable bonds is 6. The fourth-order valence-electron chi connectivity index (χ4n) is 3.94. The number of carbonyl (C=O) groups is 3. The van der Waals surface area contributed by atoms with E-state index in [0.717, 1.165) is 16.2 Å². The van der Waals surface area contributed by atoms with Crippen LogP contribution < -0.4 is 20.3 Å². The van der Waals surface area contributed by atoms with Crippen molar-refractivity contribution in [1.82, 2.24) is 15.5 Å². The minimum atomic E-state index is -0.718. The highest BCUT2D eigenvalue weighted by Crippen LogP contribution is 2.29. The molecular formula is C23H23ClN4O4. The Bertz CT molecular complexity index is 1070. The molecule has 0 aromatic heterocycles. The summed E-state index contributed by atoms with van der Waals surface area (Å²) >= 11 is 5.91. The Hall–Kier alpha value is -3.52. The van der Waals surface area contributed by atoms with Gasteiger partial charge in [0.25, 0.3) is 11.8 Å². The SMILES string of the molecule is COc1ccc(CCNC(=O)C2=CN(C)C3C(=O)N(c4ccc(Cl)cc4)C(=O)NC23)cc1. The molecule has 4 rings (SSSR count). The van der Waals surface area contributed by atoms with Crippen molar-refractivity contribution in [3.8, 4) is 5.75 Å². The molecule has 8 nitrogen and oxygen atoms in total. The number of methoxy groups -OCH3 is 1. The van der Waals surface area contributed by atoms with Crippen molar-refractivity contribution in [1.29, 1.82) is 0 Å². The third-order valence-corrected chi connectivity index (χ3v) is 5.85. The second kappa shape index (κ2) is 8.92. The Morgan fingerprint density at radius 3 is 2.47 bits per heavy atom. The zero-order valence-electron chi connectivity index (χ0n) is 17.7. The van der Waals surface area contributed by atoms with Crippen LogP contribution in [0.15, 0.2) is 60.3 Å². The van der Waals surface area contributed by atoms with Crippen LogP contribution in [0, 0.1) is 0 Å². The number of nitrogens with one attached hydrogen (secondary N) is 2. The predicted molar refractivity (Wildman–Crippen MR) is 121 cm³/mol. The Morgan fingerprint density at radius 1 is 1.12 bits per heavy atom. The van der Waals surface area contributed by atoms with E-state index in [-0.39, 0.29) is 5.91 Å². The normalized spacial score (nSPS) is 19.9. The average molecular weight is 455 g/mol. The molecule has 0 spiro atoms. The van der Waals surface area contributed by atoms with Crippen molar-refractivity contribution in [2.75, 3.05) is 25.6 Å². The minimum absolute atomic E-state index is 0.314. The fourth-order valence-corrected chi connectivity index (χ4v) is 4.06. The second-order valence-electron chi connectivity index (χ2n) is 7.63. The first-order valence-corrected chi connectivity index (χ1v) is 10.5. The third-order valence-electron chi connectivity index (χ3n) is 5.59. The molecular weight excluding hydrogens is 432 g/mol. The van der Waals surface area contributed by atoms with Gasteiger partial charge in [-0.05, 0) is 48.4 Å². The van der Waals surface area contributed by atoms with Crippen LogP contribution in [0.4, 0.5) is 10.5 Å². The number of anilines is 1. The topological polar surface area (TPSA) is 91.0 Å². The lowest BCUT2D eigenvalue weighted by Gasteiger charge is -2.37. The molecule has 2 aliphatic heterocycles. The molecule has 32 heavy (non-hydrogen) atoms. The highest BCUT2D eigenvalue weighted by Gasteiger charge is 2.49. The lowest BCUT2D eigenvalue weighted by Crippen LogP contribution is -2.65. The van der Waals surface area contributed by atoms with Gasteiger partial charge < -0.3 is 20.3 Å². The quantitative estimate of drug-likeness (QED) is 0.699. The van der Waals surface area contributed by atoms with E-state index in [1.54, 1.807) is 49.5 Å². The number of urea groups is 1. The molecule has 4 amide bonds. The Morgan fingerprint density at radius 2 is 1.81 bits per heavy atom. The number of hydrogen-bond donors (Lipinski definition) is 2. The van der Waals surface area contributed by atoms with E-state index >= 15 is 0 Å². The van der Waals surface area contributed by atoms with Crippen molar-refractivity contribution in [2.24, 2.45) is 0 Å². The number of amides is 4. The molecule has 2 unspecified atom stereocenters. The van der Waals surface area contributed by atoms with Crippen LogP contribution in [0.2, 0.25) is 5.02 Å². The van der Waals surface area contributed by atoms with E-state index in [1.165, 1.54) is 0 Å². The van der Waals surface area contributed by atoms with Gasteiger partial charge in [0.1, 0.15) is 11.8 Å². The van der Waals surface area contributed by atoms with Gasteiger partial charge in [0.05, 0.1) is 24.4 Å². The lowest BCUT2D eigenvalue weighted by molar-refractivity contribution is -0.122. The van der Waals surface area contributed by atoms with Crippen LogP contribution >= 0.6 is 11.6 Å². The van der Waals surface area contributed by atoms with E-state index in [9.17, 15) is 14.4 Å². The zero-order chi connectivity index (χ0) is 22.8. The van der Waals surface area contributed by atoms with Gasteiger partial charge in [0.2, 0.25) is 0 Å². The van der Waals surface area contributed by atoms with Gasteiger partial charge in [-0.3, -0.25) is 9.59 Å². The highest BCUT2D eigenvalue weighted by molar-refractivity contribution is 6.30. The smallest absolute Gasteiger partial charge is 0.329 e. The molecule has 0 aliphatic carbocycles. The van der Waals surface area contributed by atoms with E-state index in [0.29, 0.717) is 29.2 Å². The summed E-state index contributed by atoms with van der Waals surface area (Å²) in [5.74, 6) is 0.0556. The number of likely N-dealkylation sites (N-methyl/N-ethyl adjacent to an activating group) is 1. The fraction of sp³-hybridized carbons (Fsp3) is 0.261. The molecule has 2 N–H and O–H groups in total. The average Bonchev–Trinajstić information content (AvgIpc) is 3.11. The summed E-state index contributed by atoms with van der Waals surface area (Å²) in [6, 6.07) is 12.1. The first-order chi connectivity index (χ1) is 15.4. The van der Waals surface area contributed by atoms with Crippen LogP contribution in [0.1, 0.15) is 5.56 Å². The number of carbonyl (C=O) groups excluding carboxylic acids is 3. The van der Waals surface area contributed by atoms with Crippen molar-refractivity contribution in [3.63, 3.8) is 0 Å². The zero-order valence-corrected chi connectivity index (χ0v) is 18.4. The summed E-state index contributed by atoms with van der Waals surface area (Å²) in [4.78, 5) is 41.4. The standard InChI is InChI=1S/C23H23ClN4O4/c1-27-13-18(21(29)25-12-11-14-3-9-17(32-2)10-4-14)19-20(27)22(30)28(23(31)26-19)16-7-5-15(24)6-8-16/h3-10,13,19-20H,11-12H2,1-2H3,(H,25,29)(H,26,31). The number of nitrogens with zero attached hydrogens (tertiary/aromatic N) is 2. The first-order valence-electron chi connectivity index (χ1n) is 10.1. The molecule has 2 aromatic carbocycles. The van der Waals surface area contributed by atoms with Crippen molar-refractivity contribution in [3.05, 3.63) is 70.9 Å². The van der Waals surface area contributed by atoms with Crippen LogP contribution in [-0.4, -0.2) is 55.5 Å².